The molecule has 3 aromatic carbocycles. The van der Waals surface area contributed by atoms with Crippen molar-refractivity contribution in [1.29, 1.82) is 0 Å². The van der Waals surface area contributed by atoms with Crippen molar-refractivity contribution in [3.63, 3.8) is 0 Å². The third kappa shape index (κ3) is 5.29. The molecule has 3 amide bonds. The van der Waals surface area contributed by atoms with Gasteiger partial charge in [0, 0.05) is 0 Å². The lowest BCUT2D eigenvalue weighted by Gasteiger charge is -2.14. The first-order valence-electron chi connectivity index (χ1n) is 10.7. The second-order valence-electron chi connectivity index (χ2n) is 7.53. The molecule has 0 unspecified atom stereocenters. The van der Waals surface area contributed by atoms with Gasteiger partial charge in [0.05, 0.1) is 29.8 Å². The van der Waals surface area contributed by atoms with Gasteiger partial charge in [0.15, 0.2) is 6.61 Å². The number of carbonyl (C=O) groups is 4. The molecule has 0 saturated heterocycles. The van der Waals surface area contributed by atoms with Crippen molar-refractivity contribution in [1.82, 2.24) is 10.2 Å². The van der Waals surface area contributed by atoms with Crippen LogP contribution in [-0.4, -0.2) is 48.3 Å². The van der Waals surface area contributed by atoms with Crippen LogP contribution in [0, 0.1) is 0 Å². The number of hydrogen-bond donors (Lipinski definition) is 1. The average Bonchev–Trinajstić information content (AvgIpc) is 3.11. The molecule has 3 aromatic rings. The van der Waals surface area contributed by atoms with Crippen LogP contribution in [0.5, 0.6) is 5.75 Å². The normalized spacial score (nSPS) is 12.3. The molecule has 1 heterocycles. The number of rotatable bonds is 9. The smallest absolute Gasteiger partial charge is 0.338 e. The first-order valence-corrected chi connectivity index (χ1v) is 10.7. The molecule has 0 saturated carbocycles. The molecular formula is C26H22N2O6. The second-order valence-corrected chi connectivity index (χ2v) is 7.53. The number of esters is 1. The molecule has 8 nitrogen and oxygen atoms in total. The van der Waals surface area contributed by atoms with E-state index in [0.717, 1.165) is 0 Å². The molecule has 4 rings (SSSR count). The summed E-state index contributed by atoms with van der Waals surface area (Å²) < 4.78 is 10.5. The minimum absolute atomic E-state index is 0.0924. The zero-order valence-corrected chi connectivity index (χ0v) is 18.2. The molecule has 0 fully saturated rings. The molecule has 0 bridgehead atoms. The molecule has 0 aliphatic carbocycles. The number of hydrogen-bond acceptors (Lipinski definition) is 6. The predicted molar refractivity (Wildman–Crippen MR) is 122 cm³/mol. The zero-order chi connectivity index (χ0) is 23.9. The lowest BCUT2D eigenvalue weighted by atomic mass is 10.1. The quantitative estimate of drug-likeness (QED) is 0.301. The molecule has 0 atom stereocenters. The van der Waals surface area contributed by atoms with Crippen molar-refractivity contribution in [3.8, 4) is 5.75 Å². The van der Waals surface area contributed by atoms with Crippen molar-refractivity contribution in [2.75, 3.05) is 19.8 Å². The monoisotopic (exact) mass is 458 g/mol. The number of benzene rings is 3. The minimum atomic E-state index is -0.650. The predicted octanol–water partition coefficient (Wildman–Crippen LogP) is 2.83. The van der Waals surface area contributed by atoms with Gasteiger partial charge in [-0.25, -0.2) is 4.79 Å². The van der Waals surface area contributed by atoms with Crippen LogP contribution in [0.15, 0.2) is 78.9 Å². The Bertz CT molecular complexity index is 1170. The number of imide groups is 1. The molecule has 8 heteroatoms. The van der Waals surface area contributed by atoms with E-state index in [-0.39, 0.29) is 37.1 Å². The van der Waals surface area contributed by atoms with E-state index in [0.29, 0.717) is 22.4 Å². The van der Waals surface area contributed by atoms with Crippen LogP contribution in [0.25, 0.3) is 0 Å². The Hall–Kier alpha value is -4.46. The molecule has 0 spiro atoms. The van der Waals surface area contributed by atoms with Crippen LogP contribution >= 0.6 is 0 Å². The third-order valence-electron chi connectivity index (χ3n) is 5.18. The highest BCUT2D eigenvalue weighted by Crippen LogP contribution is 2.24. The van der Waals surface area contributed by atoms with Gasteiger partial charge < -0.3 is 14.8 Å². The van der Waals surface area contributed by atoms with Crippen molar-refractivity contribution in [2.45, 2.75) is 6.54 Å². The molecule has 1 aliphatic rings. The topological polar surface area (TPSA) is 102 Å². The van der Waals surface area contributed by atoms with Crippen molar-refractivity contribution >= 4 is 23.7 Å². The van der Waals surface area contributed by atoms with E-state index in [1.165, 1.54) is 17.0 Å². The van der Waals surface area contributed by atoms with E-state index in [1.54, 1.807) is 36.4 Å². The Morgan fingerprint density at radius 3 is 2.06 bits per heavy atom. The number of carbonyl (C=O) groups excluding carboxylic acids is 4. The van der Waals surface area contributed by atoms with Crippen LogP contribution in [0.4, 0.5) is 0 Å². The van der Waals surface area contributed by atoms with E-state index in [2.05, 4.69) is 5.32 Å². The summed E-state index contributed by atoms with van der Waals surface area (Å²) >= 11 is 0. The Morgan fingerprint density at radius 1 is 0.794 bits per heavy atom. The van der Waals surface area contributed by atoms with Gasteiger partial charge in [-0.05, 0) is 42.0 Å². The Morgan fingerprint density at radius 2 is 1.41 bits per heavy atom. The SMILES string of the molecule is O=C(COC(=O)c1ccc(CN2C(=O)c3ccccc3C2=O)cc1)NCCOc1ccccc1. The van der Waals surface area contributed by atoms with Gasteiger partial charge >= 0.3 is 5.97 Å². The molecule has 0 radical (unpaired) electrons. The summed E-state index contributed by atoms with van der Waals surface area (Å²) in [5, 5.41) is 2.61. The number of amides is 3. The standard InChI is InChI=1S/C26H22N2O6/c29-23(27-14-15-33-20-6-2-1-3-7-20)17-34-26(32)19-12-10-18(11-13-19)16-28-24(30)21-8-4-5-9-22(21)25(28)31/h1-13H,14-17H2,(H,27,29). The average molecular weight is 458 g/mol. The molecule has 1 aliphatic heterocycles. The first kappa shape index (κ1) is 22.7. The van der Waals surface area contributed by atoms with Gasteiger partial charge in [-0.15, -0.1) is 0 Å². The van der Waals surface area contributed by atoms with Gasteiger partial charge in [0.2, 0.25) is 0 Å². The molecule has 172 valence electrons. The molecule has 34 heavy (non-hydrogen) atoms. The number of ether oxygens (including phenoxy) is 2. The van der Waals surface area contributed by atoms with E-state index >= 15 is 0 Å². The zero-order valence-electron chi connectivity index (χ0n) is 18.2. The highest BCUT2D eigenvalue weighted by molar-refractivity contribution is 6.21. The minimum Gasteiger partial charge on any atom is -0.492 e. The lowest BCUT2D eigenvalue weighted by molar-refractivity contribution is -0.124. The number of nitrogens with one attached hydrogen (secondary N) is 1. The maximum absolute atomic E-state index is 12.5. The van der Waals surface area contributed by atoms with Crippen LogP contribution < -0.4 is 10.1 Å². The summed E-state index contributed by atoms with van der Waals surface area (Å²) in [6.45, 7) is 0.242. The van der Waals surface area contributed by atoms with E-state index < -0.39 is 18.5 Å². The summed E-state index contributed by atoms with van der Waals surface area (Å²) in [6, 6.07) is 22.2. The summed E-state index contributed by atoms with van der Waals surface area (Å²) in [4.78, 5) is 50.3. The largest absolute Gasteiger partial charge is 0.492 e. The van der Waals surface area contributed by atoms with Crippen molar-refractivity contribution in [2.24, 2.45) is 0 Å². The van der Waals surface area contributed by atoms with Gasteiger partial charge in [0.25, 0.3) is 17.7 Å². The fourth-order valence-electron chi connectivity index (χ4n) is 3.45. The van der Waals surface area contributed by atoms with Crippen LogP contribution in [-0.2, 0) is 16.1 Å². The Kier molecular flexibility index (Phi) is 6.98. The van der Waals surface area contributed by atoms with Gasteiger partial charge in [-0.3, -0.25) is 19.3 Å². The van der Waals surface area contributed by atoms with Crippen LogP contribution in [0.2, 0.25) is 0 Å². The van der Waals surface area contributed by atoms with Crippen molar-refractivity contribution < 1.29 is 28.7 Å². The first-order chi connectivity index (χ1) is 16.5. The Labute approximate surface area is 196 Å². The highest BCUT2D eigenvalue weighted by atomic mass is 16.5. The van der Waals surface area contributed by atoms with E-state index in [1.807, 2.05) is 30.3 Å². The molecule has 1 N–H and O–H groups in total. The van der Waals surface area contributed by atoms with Crippen LogP contribution in [0.1, 0.15) is 36.6 Å². The lowest BCUT2D eigenvalue weighted by Crippen LogP contribution is -2.32. The van der Waals surface area contributed by atoms with Gasteiger partial charge in [-0.2, -0.15) is 0 Å². The summed E-state index contributed by atoms with van der Waals surface area (Å²) in [6.07, 6.45) is 0. The number of para-hydroxylation sites is 1. The Balaban J connectivity index is 1.21. The fourth-order valence-corrected chi connectivity index (χ4v) is 3.45. The summed E-state index contributed by atoms with van der Waals surface area (Å²) in [5.41, 5.74) is 1.71. The molecule has 0 aromatic heterocycles. The number of nitrogens with zero attached hydrogens (tertiary/aromatic N) is 1. The third-order valence-corrected chi connectivity index (χ3v) is 5.18. The van der Waals surface area contributed by atoms with Crippen LogP contribution in [0.3, 0.4) is 0 Å². The summed E-state index contributed by atoms with van der Waals surface area (Å²) in [5.74, 6) is -1.07. The van der Waals surface area contributed by atoms with Crippen molar-refractivity contribution in [3.05, 3.63) is 101 Å². The molecular weight excluding hydrogens is 436 g/mol. The number of fused-ring (bicyclic) bond motifs is 1. The maximum atomic E-state index is 12.5. The maximum Gasteiger partial charge on any atom is 0.338 e. The van der Waals surface area contributed by atoms with Gasteiger partial charge in [0.1, 0.15) is 12.4 Å². The van der Waals surface area contributed by atoms with E-state index in [4.69, 9.17) is 9.47 Å². The fraction of sp³-hybridized carbons (Fsp3) is 0.154. The van der Waals surface area contributed by atoms with E-state index in [9.17, 15) is 19.2 Å². The summed E-state index contributed by atoms with van der Waals surface area (Å²) in [7, 11) is 0. The second kappa shape index (κ2) is 10.4. The van der Waals surface area contributed by atoms with Gasteiger partial charge in [-0.1, -0.05) is 42.5 Å². The highest BCUT2D eigenvalue weighted by Gasteiger charge is 2.34.